The molecule has 0 unspecified atom stereocenters. The van der Waals surface area contributed by atoms with Crippen LogP contribution in [-0.4, -0.2) is 4.57 Å². The topological polar surface area (TPSA) is 8.17 Å². The van der Waals surface area contributed by atoms with E-state index in [0.29, 0.717) is 0 Å². The number of benzene rings is 11. The number of aromatic nitrogens is 1. The van der Waals surface area contributed by atoms with Crippen LogP contribution in [0.4, 0.5) is 17.1 Å². The van der Waals surface area contributed by atoms with Gasteiger partial charge in [0.1, 0.15) is 0 Å². The van der Waals surface area contributed by atoms with Crippen LogP contribution in [0.25, 0.3) is 93.9 Å². The monoisotopic (exact) mass is 960 g/mol. The van der Waals surface area contributed by atoms with E-state index in [1.54, 1.807) is 0 Å². The summed E-state index contributed by atoms with van der Waals surface area (Å²) in [6.07, 6.45) is 0. The molecule has 2 heteroatoms. The number of hydrogen-bond acceptors (Lipinski definition) is 1. The molecule has 0 aliphatic heterocycles. The molecule has 0 fully saturated rings. The number of anilines is 3. The third-order valence-electron chi connectivity index (χ3n) is 17.8. The third-order valence-corrected chi connectivity index (χ3v) is 17.8. The van der Waals surface area contributed by atoms with Crippen molar-refractivity contribution in [3.8, 4) is 61.3 Å². The number of rotatable bonds is 6. The Kier molecular flexibility index (Phi) is 9.15. The number of hydrogen-bond donors (Lipinski definition) is 0. The summed E-state index contributed by atoms with van der Waals surface area (Å²) in [7, 11) is 0. The minimum Gasteiger partial charge on any atom is -0.310 e. The van der Waals surface area contributed by atoms with Crippen LogP contribution < -0.4 is 4.90 Å². The van der Waals surface area contributed by atoms with Gasteiger partial charge in [0, 0.05) is 49.3 Å². The molecule has 11 aromatic carbocycles. The number of fused-ring (bicyclic) bond motifs is 13. The predicted molar refractivity (Wildman–Crippen MR) is 317 cm³/mol. The van der Waals surface area contributed by atoms with Gasteiger partial charge >= 0.3 is 0 Å². The molecule has 0 amide bonds. The highest BCUT2D eigenvalue weighted by Gasteiger charge is 2.40. The first kappa shape index (κ1) is 43.8. The molecule has 0 radical (unpaired) electrons. The highest BCUT2D eigenvalue weighted by Crippen LogP contribution is 2.56. The molecular weight excluding hydrogens is 905 g/mol. The first-order valence-corrected chi connectivity index (χ1v) is 26.7. The van der Waals surface area contributed by atoms with Crippen molar-refractivity contribution in [2.45, 2.75) is 57.8 Å². The van der Waals surface area contributed by atoms with Crippen LogP contribution >= 0.6 is 0 Å². The second kappa shape index (κ2) is 15.7. The maximum absolute atomic E-state index is 2.53. The van der Waals surface area contributed by atoms with Gasteiger partial charge in [-0.25, -0.2) is 0 Å². The minimum atomic E-state index is -0.232. The smallest absolute Gasteiger partial charge is 0.0543 e. The fourth-order valence-corrected chi connectivity index (χ4v) is 14.0. The zero-order valence-corrected chi connectivity index (χ0v) is 43.3. The van der Waals surface area contributed by atoms with Crippen molar-refractivity contribution in [3.63, 3.8) is 0 Å². The Labute approximate surface area is 439 Å². The van der Waals surface area contributed by atoms with Gasteiger partial charge in [0.25, 0.3) is 0 Å². The summed E-state index contributed by atoms with van der Waals surface area (Å²) in [5.74, 6) is 0. The average Bonchev–Trinajstić information content (AvgIpc) is 4.12. The highest BCUT2D eigenvalue weighted by molar-refractivity contribution is 6.12. The van der Waals surface area contributed by atoms with Gasteiger partial charge in [-0.2, -0.15) is 0 Å². The summed E-state index contributed by atoms with van der Waals surface area (Å²) in [6, 6.07) is 87.0. The van der Waals surface area contributed by atoms with E-state index in [2.05, 4.69) is 282 Å². The van der Waals surface area contributed by atoms with Gasteiger partial charge in [-0.1, -0.05) is 211 Å². The quantitative estimate of drug-likeness (QED) is 0.161. The van der Waals surface area contributed by atoms with E-state index >= 15 is 0 Å². The van der Waals surface area contributed by atoms with E-state index in [1.165, 1.54) is 127 Å². The van der Waals surface area contributed by atoms with Crippen LogP contribution in [0.3, 0.4) is 0 Å². The molecule has 12 aromatic rings. The Bertz CT molecular complexity index is 4280. The number of para-hydroxylation sites is 1. The molecule has 15 rings (SSSR count). The first-order valence-electron chi connectivity index (χ1n) is 26.7. The molecule has 3 aliphatic rings. The fourth-order valence-electron chi connectivity index (χ4n) is 14.0. The zero-order chi connectivity index (χ0) is 50.5. The Hall–Kier alpha value is -8.72. The van der Waals surface area contributed by atoms with Gasteiger partial charge in [-0.3, -0.25) is 0 Å². The van der Waals surface area contributed by atoms with Gasteiger partial charge in [-0.05, 0) is 150 Å². The number of nitrogens with zero attached hydrogens (tertiary/aromatic N) is 2. The van der Waals surface area contributed by atoms with Crippen LogP contribution in [0.15, 0.2) is 231 Å². The molecule has 0 N–H and O–H groups in total. The maximum atomic E-state index is 2.53. The van der Waals surface area contributed by atoms with Gasteiger partial charge in [-0.15, -0.1) is 0 Å². The lowest BCUT2D eigenvalue weighted by Gasteiger charge is -2.31. The first-order chi connectivity index (χ1) is 36.5. The van der Waals surface area contributed by atoms with Gasteiger partial charge in [0.2, 0.25) is 0 Å². The Morgan fingerprint density at radius 3 is 1.49 bits per heavy atom. The van der Waals surface area contributed by atoms with Gasteiger partial charge in [0.15, 0.2) is 0 Å². The van der Waals surface area contributed by atoms with Crippen molar-refractivity contribution in [2.24, 2.45) is 0 Å². The second-order valence-electron chi connectivity index (χ2n) is 22.8. The Balaban J connectivity index is 0.884. The molecule has 0 spiro atoms. The Morgan fingerprint density at radius 1 is 0.293 bits per heavy atom. The van der Waals surface area contributed by atoms with Crippen LogP contribution in [0.5, 0.6) is 0 Å². The lowest BCUT2D eigenvalue weighted by Crippen LogP contribution is -2.18. The normalized spacial score (nSPS) is 14.9. The molecular formula is C73H56N2. The van der Waals surface area contributed by atoms with Crippen LogP contribution in [0.2, 0.25) is 0 Å². The van der Waals surface area contributed by atoms with Crippen molar-refractivity contribution in [1.82, 2.24) is 4.57 Å². The summed E-state index contributed by atoms with van der Waals surface area (Å²) in [5, 5.41) is 4.98. The van der Waals surface area contributed by atoms with E-state index in [0.717, 1.165) is 17.1 Å². The summed E-state index contributed by atoms with van der Waals surface area (Å²) in [6.45, 7) is 14.4. The fraction of sp³-hybridized carbons (Fsp3) is 0.123. The van der Waals surface area contributed by atoms with E-state index in [4.69, 9.17) is 0 Å². The van der Waals surface area contributed by atoms with Gasteiger partial charge in [0.05, 0.1) is 22.4 Å². The molecule has 2 nitrogen and oxygen atoms in total. The van der Waals surface area contributed by atoms with Crippen molar-refractivity contribution in [3.05, 3.63) is 264 Å². The summed E-state index contributed by atoms with van der Waals surface area (Å²) < 4.78 is 2.51. The molecule has 1 aromatic heterocycles. The van der Waals surface area contributed by atoms with Crippen molar-refractivity contribution >= 4 is 49.6 Å². The lowest BCUT2D eigenvalue weighted by atomic mass is 9.81. The van der Waals surface area contributed by atoms with Crippen LogP contribution in [0.1, 0.15) is 74.9 Å². The van der Waals surface area contributed by atoms with Crippen LogP contribution in [0, 0.1) is 0 Å². The molecule has 1 heterocycles. The van der Waals surface area contributed by atoms with E-state index in [9.17, 15) is 0 Å². The van der Waals surface area contributed by atoms with E-state index < -0.39 is 0 Å². The molecule has 358 valence electrons. The molecule has 0 bridgehead atoms. The predicted octanol–water partition coefficient (Wildman–Crippen LogP) is 19.7. The van der Waals surface area contributed by atoms with Crippen molar-refractivity contribution in [2.75, 3.05) is 4.90 Å². The largest absolute Gasteiger partial charge is 0.310 e. The van der Waals surface area contributed by atoms with Crippen LogP contribution in [-0.2, 0) is 16.2 Å². The summed E-state index contributed by atoms with van der Waals surface area (Å²) in [5.41, 5.74) is 27.7. The summed E-state index contributed by atoms with van der Waals surface area (Å²) in [4.78, 5) is 2.53. The molecule has 75 heavy (non-hydrogen) atoms. The van der Waals surface area contributed by atoms with E-state index in [1.807, 2.05) is 0 Å². The van der Waals surface area contributed by atoms with Crippen molar-refractivity contribution < 1.29 is 0 Å². The van der Waals surface area contributed by atoms with Crippen molar-refractivity contribution in [1.29, 1.82) is 0 Å². The SMILES string of the molecule is CC1(C)c2ccccc2-c2ccc(N(c3ccc4c(c3)C(C)(C)c3ccccc3-4)c3ccc(-c4ccc5c(c4)C(C)(C)c4cccc(-n6c7ccccc7c7cc(-c8ccccc8)ccc76)c4-5)c4ccccc34)cc21. The summed E-state index contributed by atoms with van der Waals surface area (Å²) >= 11 is 0. The standard InChI is InChI=1S/C73H56N2/c1-71(2)60-26-15-12-22-52(60)54-36-33-48(43-64(54)71)74(49-34-37-55-53-23-13-16-27-61(53)72(3,4)65(55)44-49)67-40-38-50(51-21-10-11-24-56(51)67)47-31-35-58-63(42-47)73(5,6)62-28-18-30-69(70(58)62)75-66-29-17-14-25-57(66)59-41-46(32-39-68(59)75)45-19-8-7-9-20-45/h7-44H,1-6H3. The van der Waals surface area contributed by atoms with Gasteiger partial charge < -0.3 is 9.47 Å². The average molecular weight is 961 g/mol. The lowest BCUT2D eigenvalue weighted by molar-refractivity contribution is 0.660. The van der Waals surface area contributed by atoms with E-state index in [-0.39, 0.29) is 16.2 Å². The molecule has 0 saturated heterocycles. The minimum absolute atomic E-state index is 0.140. The maximum Gasteiger partial charge on any atom is 0.0543 e. The third kappa shape index (κ3) is 6.14. The second-order valence-corrected chi connectivity index (χ2v) is 22.8. The molecule has 3 aliphatic carbocycles. The Morgan fingerprint density at radius 2 is 0.800 bits per heavy atom. The highest BCUT2D eigenvalue weighted by atomic mass is 15.1. The molecule has 0 saturated carbocycles. The molecule has 0 atom stereocenters. The zero-order valence-electron chi connectivity index (χ0n) is 43.3.